The maximum atomic E-state index is 13.3. The highest BCUT2D eigenvalue weighted by Gasteiger charge is 2.12. The van der Waals surface area contributed by atoms with Crippen molar-refractivity contribution in [1.29, 1.82) is 0 Å². The molecular formula is C14H12F2N4O. The fourth-order valence-electron chi connectivity index (χ4n) is 2.17. The van der Waals surface area contributed by atoms with E-state index in [1.54, 1.807) is 10.6 Å². The van der Waals surface area contributed by atoms with Crippen molar-refractivity contribution in [3.05, 3.63) is 58.4 Å². The summed E-state index contributed by atoms with van der Waals surface area (Å²) in [5, 5.41) is 7.85. The molecule has 21 heavy (non-hydrogen) atoms. The van der Waals surface area contributed by atoms with Gasteiger partial charge in [-0.15, -0.1) is 10.2 Å². The van der Waals surface area contributed by atoms with Crippen LogP contribution < -0.4 is 5.56 Å². The molecule has 0 saturated heterocycles. The van der Waals surface area contributed by atoms with Crippen molar-refractivity contribution in [2.24, 2.45) is 0 Å². The second-order valence-corrected chi connectivity index (χ2v) is 4.63. The predicted molar refractivity (Wildman–Crippen MR) is 72.5 cm³/mol. The van der Waals surface area contributed by atoms with Gasteiger partial charge in [0.05, 0.1) is 5.69 Å². The van der Waals surface area contributed by atoms with Crippen LogP contribution in [-0.2, 0) is 6.42 Å². The van der Waals surface area contributed by atoms with Crippen LogP contribution in [0.2, 0.25) is 0 Å². The molecule has 3 rings (SSSR count). The molecule has 0 amide bonds. The molecule has 5 nitrogen and oxygen atoms in total. The zero-order valence-electron chi connectivity index (χ0n) is 11.3. The first-order valence-corrected chi connectivity index (χ1v) is 6.52. The SMILES string of the molecule is CCCc1nnc2c(=O)n(-c3ccc(F)c(F)c3)ccn12. The van der Waals surface area contributed by atoms with Gasteiger partial charge in [0.1, 0.15) is 5.82 Å². The van der Waals surface area contributed by atoms with Crippen LogP contribution >= 0.6 is 0 Å². The van der Waals surface area contributed by atoms with Gasteiger partial charge in [-0.1, -0.05) is 6.92 Å². The first kappa shape index (κ1) is 13.4. The van der Waals surface area contributed by atoms with Crippen LogP contribution in [0.4, 0.5) is 8.78 Å². The van der Waals surface area contributed by atoms with E-state index in [9.17, 15) is 13.6 Å². The zero-order chi connectivity index (χ0) is 15.0. The molecule has 2 heterocycles. The van der Waals surface area contributed by atoms with E-state index in [4.69, 9.17) is 0 Å². The number of rotatable bonds is 3. The summed E-state index contributed by atoms with van der Waals surface area (Å²) in [4.78, 5) is 12.4. The lowest BCUT2D eigenvalue weighted by atomic mass is 10.3. The molecule has 2 aromatic heterocycles. The molecule has 0 N–H and O–H groups in total. The minimum absolute atomic E-state index is 0.158. The standard InChI is InChI=1S/C14H12F2N4O/c1-2-3-12-17-18-13-14(21)19(6-7-20(12)13)9-4-5-10(15)11(16)8-9/h4-8H,2-3H2,1H3. The summed E-state index contributed by atoms with van der Waals surface area (Å²) in [5.74, 6) is -1.27. The Morgan fingerprint density at radius 3 is 2.67 bits per heavy atom. The lowest BCUT2D eigenvalue weighted by molar-refractivity contribution is 0.508. The Kier molecular flexibility index (Phi) is 3.25. The summed E-state index contributed by atoms with van der Waals surface area (Å²) in [6.07, 6.45) is 4.72. The van der Waals surface area contributed by atoms with Gasteiger partial charge in [-0.3, -0.25) is 13.8 Å². The average Bonchev–Trinajstić information content (AvgIpc) is 2.87. The molecule has 3 aromatic rings. The summed E-state index contributed by atoms with van der Waals surface area (Å²) in [7, 11) is 0. The molecule has 0 fully saturated rings. The lowest BCUT2D eigenvalue weighted by Crippen LogP contribution is -2.20. The normalized spacial score (nSPS) is 11.2. The Bertz CT molecular complexity index is 869. The number of nitrogens with zero attached hydrogens (tertiary/aromatic N) is 4. The maximum Gasteiger partial charge on any atom is 0.300 e. The molecule has 0 atom stereocenters. The highest BCUT2D eigenvalue weighted by atomic mass is 19.2. The van der Waals surface area contributed by atoms with E-state index in [1.165, 1.54) is 16.8 Å². The molecule has 0 aliphatic heterocycles. The summed E-state index contributed by atoms with van der Waals surface area (Å²) >= 11 is 0. The van der Waals surface area contributed by atoms with Crippen molar-refractivity contribution in [2.45, 2.75) is 19.8 Å². The summed E-state index contributed by atoms with van der Waals surface area (Å²) in [6, 6.07) is 3.28. The van der Waals surface area contributed by atoms with Crippen molar-refractivity contribution in [2.75, 3.05) is 0 Å². The van der Waals surface area contributed by atoms with Crippen LogP contribution in [0, 0.1) is 11.6 Å². The number of aryl methyl sites for hydroxylation is 1. The molecule has 7 heteroatoms. The summed E-state index contributed by atoms with van der Waals surface area (Å²) in [5.41, 5.74) is -0.0366. The van der Waals surface area contributed by atoms with Gasteiger partial charge in [-0.2, -0.15) is 0 Å². The highest BCUT2D eigenvalue weighted by Crippen LogP contribution is 2.12. The van der Waals surface area contributed by atoms with Gasteiger partial charge in [0.2, 0.25) is 5.65 Å². The van der Waals surface area contributed by atoms with Crippen molar-refractivity contribution in [1.82, 2.24) is 19.2 Å². The summed E-state index contributed by atoms with van der Waals surface area (Å²) in [6.45, 7) is 2.00. The number of hydrogen-bond donors (Lipinski definition) is 0. The quantitative estimate of drug-likeness (QED) is 0.742. The summed E-state index contributed by atoms with van der Waals surface area (Å²) < 4.78 is 29.1. The minimum Gasteiger partial charge on any atom is -0.280 e. The third kappa shape index (κ3) is 2.20. The number of fused-ring (bicyclic) bond motifs is 1. The Morgan fingerprint density at radius 1 is 1.14 bits per heavy atom. The Balaban J connectivity index is 2.18. The van der Waals surface area contributed by atoms with E-state index in [2.05, 4.69) is 10.2 Å². The molecule has 1 aromatic carbocycles. The van der Waals surface area contributed by atoms with Gasteiger partial charge in [0.25, 0.3) is 0 Å². The molecule has 0 bridgehead atoms. The van der Waals surface area contributed by atoms with Crippen molar-refractivity contribution < 1.29 is 8.78 Å². The maximum absolute atomic E-state index is 13.3. The molecule has 0 spiro atoms. The first-order valence-electron chi connectivity index (χ1n) is 6.52. The van der Waals surface area contributed by atoms with Gasteiger partial charge < -0.3 is 0 Å². The Hall–Kier alpha value is -2.57. The van der Waals surface area contributed by atoms with Crippen molar-refractivity contribution >= 4 is 5.65 Å². The average molecular weight is 290 g/mol. The van der Waals surface area contributed by atoms with E-state index in [0.717, 1.165) is 18.6 Å². The molecule has 0 aliphatic carbocycles. The topological polar surface area (TPSA) is 52.2 Å². The number of benzene rings is 1. The van der Waals surface area contributed by atoms with Crippen LogP contribution in [0.1, 0.15) is 19.2 Å². The predicted octanol–water partition coefficient (Wildman–Crippen LogP) is 2.11. The molecule has 0 aliphatic rings. The lowest BCUT2D eigenvalue weighted by Gasteiger charge is -2.06. The van der Waals surface area contributed by atoms with E-state index in [1.807, 2.05) is 6.92 Å². The molecule has 108 valence electrons. The fourth-order valence-corrected chi connectivity index (χ4v) is 2.17. The Labute approximate surface area is 118 Å². The van der Waals surface area contributed by atoms with Crippen LogP contribution in [0.25, 0.3) is 11.3 Å². The highest BCUT2D eigenvalue weighted by molar-refractivity contribution is 5.41. The van der Waals surface area contributed by atoms with Gasteiger partial charge in [0.15, 0.2) is 11.6 Å². The van der Waals surface area contributed by atoms with Crippen LogP contribution in [-0.4, -0.2) is 19.2 Å². The van der Waals surface area contributed by atoms with Crippen LogP contribution in [0.5, 0.6) is 0 Å². The number of hydrogen-bond acceptors (Lipinski definition) is 3. The Morgan fingerprint density at radius 2 is 1.95 bits per heavy atom. The van der Waals surface area contributed by atoms with Crippen molar-refractivity contribution in [3.8, 4) is 5.69 Å². The van der Waals surface area contributed by atoms with Crippen LogP contribution in [0.15, 0.2) is 35.4 Å². The van der Waals surface area contributed by atoms with E-state index in [0.29, 0.717) is 12.2 Å². The molecule has 0 saturated carbocycles. The number of aromatic nitrogens is 4. The fraction of sp³-hybridized carbons (Fsp3) is 0.214. The molecule has 0 radical (unpaired) electrons. The third-order valence-electron chi connectivity index (χ3n) is 3.20. The van der Waals surface area contributed by atoms with Gasteiger partial charge in [-0.25, -0.2) is 8.78 Å². The van der Waals surface area contributed by atoms with Crippen LogP contribution in [0.3, 0.4) is 0 Å². The van der Waals surface area contributed by atoms with E-state index in [-0.39, 0.29) is 11.3 Å². The van der Waals surface area contributed by atoms with Gasteiger partial charge in [0, 0.05) is 24.9 Å². The molecular weight excluding hydrogens is 278 g/mol. The van der Waals surface area contributed by atoms with E-state index < -0.39 is 17.2 Å². The van der Waals surface area contributed by atoms with E-state index >= 15 is 0 Å². The first-order chi connectivity index (χ1) is 10.1. The zero-order valence-corrected chi connectivity index (χ0v) is 11.3. The molecule has 0 unspecified atom stereocenters. The van der Waals surface area contributed by atoms with Crippen molar-refractivity contribution in [3.63, 3.8) is 0 Å². The monoisotopic (exact) mass is 290 g/mol. The number of halogens is 2. The smallest absolute Gasteiger partial charge is 0.280 e. The third-order valence-corrected chi connectivity index (χ3v) is 3.20. The second kappa shape index (κ2) is 5.08. The van der Waals surface area contributed by atoms with Gasteiger partial charge in [-0.05, 0) is 18.6 Å². The largest absolute Gasteiger partial charge is 0.300 e. The van der Waals surface area contributed by atoms with Gasteiger partial charge >= 0.3 is 5.56 Å². The minimum atomic E-state index is -1.01. The second-order valence-electron chi connectivity index (χ2n) is 4.63.